The standard InChI is InChI=1S/C12H17N3O2/c1-4-17-12(16)11(13)9-7-14-6-5-10(9)15-8(2)3/h5-8,13H,4H2,1-3H3,(H,14,15). The maximum Gasteiger partial charge on any atom is 0.356 e. The lowest BCUT2D eigenvalue weighted by Crippen LogP contribution is -2.21. The first-order valence-electron chi connectivity index (χ1n) is 5.52. The topological polar surface area (TPSA) is 75.1 Å². The van der Waals surface area contributed by atoms with E-state index in [2.05, 4.69) is 10.3 Å². The van der Waals surface area contributed by atoms with Crippen molar-refractivity contribution in [1.29, 1.82) is 5.41 Å². The van der Waals surface area contributed by atoms with Crippen LogP contribution in [0.25, 0.3) is 0 Å². The van der Waals surface area contributed by atoms with E-state index in [-0.39, 0.29) is 18.4 Å². The zero-order valence-electron chi connectivity index (χ0n) is 10.3. The second-order valence-corrected chi connectivity index (χ2v) is 3.82. The molecule has 0 aliphatic heterocycles. The number of aromatic nitrogens is 1. The Balaban J connectivity index is 2.96. The predicted octanol–water partition coefficient (Wildman–Crippen LogP) is 1.83. The lowest BCUT2D eigenvalue weighted by atomic mass is 10.1. The van der Waals surface area contributed by atoms with E-state index >= 15 is 0 Å². The monoisotopic (exact) mass is 235 g/mol. The first-order valence-corrected chi connectivity index (χ1v) is 5.52. The van der Waals surface area contributed by atoms with Gasteiger partial charge in [0.2, 0.25) is 0 Å². The Bertz CT molecular complexity index is 416. The van der Waals surface area contributed by atoms with Gasteiger partial charge in [0.1, 0.15) is 0 Å². The minimum absolute atomic E-state index is 0.178. The molecule has 0 spiro atoms. The molecule has 1 aromatic rings. The zero-order valence-corrected chi connectivity index (χ0v) is 10.3. The van der Waals surface area contributed by atoms with Crippen LogP contribution in [0.15, 0.2) is 18.5 Å². The number of nitrogens with one attached hydrogen (secondary N) is 2. The van der Waals surface area contributed by atoms with E-state index in [4.69, 9.17) is 10.1 Å². The number of ether oxygens (including phenoxy) is 1. The van der Waals surface area contributed by atoms with Gasteiger partial charge in [0, 0.05) is 29.7 Å². The van der Waals surface area contributed by atoms with Crippen LogP contribution < -0.4 is 5.32 Å². The lowest BCUT2D eigenvalue weighted by Gasteiger charge is -2.14. The summed E-state index contributed by atoms with van der Waals surface area (Å²) < 4.78 is 4.80. The van der Waals surface area contributed by atoms with E-state index in [0.29, 0.717) is 11.3 Å². The van der Waals surface area contributed by atoms with Crippen LogP contribution in [0.4, 0.5) is 5.69 Å². The minimum Gasteiger partial charge on any atom is -0.461 e. The number of hydrogen-bond donors (Lipinski definition) is 2. The van der Waals surface area contributed by atoms with Gasteiger partial charge in [0.05, 0.1) is 6.61 Å². The van der Waals surface area contributed by atoms with E-state index < -0.39 is 5.97 Å². The summed E-state index contributed by atoms with van der Waals surface area (Å²) in [4.78, 5) is 15.4. The van der Waals surface area contributed by atoms with Crippen molar-refractivity contribution in [2.75, 3.05) is 11.9 Å². The molecule has 0 amide bonds. The number of rotatable bonds is 5. The number of hydrogen-bond acceptors (Lipinski definition) is 5. The molecule has 1 heterocycles. The van der Waals surface area contributed by atoms with Gasteiger partial charge in [-0.1, -0.05) is 0 Å². The number of carbonyl (C=O) groups is 1. The van der Waals surface area contributed by atoms with Gasteiger partial charge in [0.15, 0.2) is 5.71 Å². The normalized spacial score (nSPS) is 10.1. The Labute approximate surface area is 101 Å². The summed E-state index contributed by atoms with van der Waals surface area (Å²) in [5.41, 5.74) is 0.996. The quantitative estimate of drug-likeness (QED) is 0.603. The van der Waals surface area contributed by atoms with Crippen LogP contribution in [-0.4, -0.2) is 29.3 Å². The molecule has 0 saturated heterocycles. The molecule has 0 aliphatic carbocycles. The fraction of sp³-hybridized carbons (Fsp3) is 0.417. The third-order valence-corrected chi connectivity index (χ3v) is 2.01. The van der Waals surface area contributed by atoms with Gasteiger partial charge in [-0.15, -0.1) is 0 Å². The van der Waals surface area contributed by atoms with E-state index in [1.165, 1.54) is 6.20 Å². The summed E-state index contributed by atoms with van der Waals surface area (Å²) in [6, 6.07) is 1.95. The van der Waals surface area contributed by atoms with Crippen LogP contribution in [0.2, 0.25) is 0 Å². The molecule has 0 fully saturated rings. The summed E-state index contributed by atoms with van der Waals surface area (Å²) in [5.74, 6) is -0.632. The molecule has 1 rings (SSSR count). The van der Waals surface area contributed by atoms with Crippen molar-refractivity contribution in [3.63, 3.8) is 0 Å². The maximum atomic E-state index is 11.5. The lowest BCUT2D eigenvalue weighted by molar-refractivity contribution is -0.135. The predicted molar refractivity (Wildman–Crippen MR) is 66.5 cm³/mol. The molecule has 0 radical (unpaired) electrons. The smallest absolute Gasteiger partial charge is 0.356 e. The second kappa shape index (κ2) is 5.98. The summed E-state index contributed by atoms with van der Waals surface area (Å²) in [6.45, 7) is 5.94. The van der Waals surface area contributed by atoms with Crippen LogP contribution in [0.5, 0.6) is 0 Å². The Kier molecular flexibility index (Phi) is 4.63. The Morgan fingerprint density at radius 2 is 2.29 bits per heavy atom. The highest BCUT2D eigenvalue weighted by Crippen LogP contribution is 2.15. The summed E-state index contributed by atoms with van der Waals surface area (Å²) in [5, 5.41) is 10.9. The number of esters is 1. The molecule has 5 nitrogen and oxygen atoms in total. The van der Waals surface area contributed by atoms with E-state index in [0.717, 1.165) is 0 Å². The molecule has 0 saturated carbocycles. The number of carbonyl (C=O) groups excluding carboxylic acids is 1. The Hall–Kier alpha value is -1.91. The molecular formula is C12H17N3O2. The molecule has 1 aromatic heterocycles. The van der Waals surface area contributed by atoms with Crippen LogP contribution in [0, 0.1) is 5.41 Å². The highest BCUT2D eigenvalue weighted by atomic mass is 16.5. The summed E-state index contributed by atoms with van der Waals surface area (Å²) >= 11 is 0. The maximum absolute atomic E-state index is 11.5. The van der Waals surface area contributed by atoms with Gasteiger partial charge in [0.25, 0.3) is 0 Å². The second-order valence-electron chi connectivity index (χ2n) is 3.82. The fourth-order valence-corrected chi connectivity index (χ4v) is 1.34. The molecule has 0 aliphatic rings. The van der Waals surface area contributed by atoms with Crippen molar-refractivity contribution in [1.82, 2.24) is 4.98 Å². The van der Waals surface area contributed by atoms with Gasteiger partial charge in [-0.2, -0.15) is 0 Å². The summed E-state index contributed by atoms with van der Waals surface area (Å²) in [7, 11) is 0. The Morgan fingerprint density at radius 3 is 2.88 bits per heavy atom. The van der Waals surface area contributed by atoms with Crippen molar-refractivity contribution in [3.8, 4) is 0 Å². The first kappa shape index (κ1) is 13.2. The molecule has 0 unspecified atom stereocenters. The zero-order chi connectivity index (χ0) is 12.8. The average Bonchev–Trinajstić information content (AvgIpc) is 2.28. The molecule has 0 atom stereocenters. The molecule has 0 bridgehead atoms. The van der Waals surface area contributed by atoms with E-state index in [9.17, 15) is 4.79 Å². The van der Waals surface area contributed by atoms with Crippen molar-refractivity contribution in [2.24, 2.45) is 0 Å². The SMILES string of the molecule is CCOC(=O)C(=N)c1cnccc1NC(C)C. The van der Waals surface area contributed by atoms with Crippen molar-refractivity contribution in [2.45, 2.75) is 26.8 Å². The third-order valence-electron chi connectivity index (χ3n) is 2.01. The van der Waals surface area contributed by atoms with Crippen molar-refractivity contribution >= 4 is 17.4 Å². The number of pyridine rings is 1. The molecule has 92 valence electrons. The molecule has 2 N–H and O–H groups in total. The van der Waals surface area contributed by atoms with Crippen molar-refractivity contribution in [3.05, 3.63) is 24.0 Å². The van der Waals surface area contributed by atoms with Gasteiger partial charge < -0.3 is 10.1 Å². The molecule has 0 aromatic carbocycles. The van der Waals surface area contributed by atoms with E-state index in [1.807, 2.05) is 13.8 Å². The molecular weight excluding hydrogens is 218 g/mol. The van der Waals surface area contributed by atoms with Gasteiger partial charge in [-0.3, -0.25) is 10.4 Å². The average molecular weight is 235 g/mol. The minimum atomic E-state index is -0.632. The number of nitrogens with zero attached hydrogens (tertiary/aromatic N) is 1. The van der Waals surface area contributed by atoms with Gasteiger partial charge in [-0.05, 0) is 26.8 Å². The first-order chi connectivity index (χ1) is 8.06. The fourth-order valence-electron chi connectivity index (χ4n) is 1.34. The van der Waals surface area contributed by atoms with Crippen LogP contribution in [0.1, 0.15) is 26.3 Å². The molecule has 5 heteroatoms. The van der Waals surface area contributed by atoms with Crippen LogP contribution in [-0.2, 0) is 9.53 Å². The molecule has 17 heavy (non-hydrogen) atoms. The third kappa shape index (κ3) is 3.55. The highest BCUT2D eigenvalue weighted by molar-refractivity contribution is 6.43. The largest absolute Gasteiger partial charge is 0.461 e. The number of anilines is 1. The van der Waals surface area contributed by atoms with Crippen LogP contribution >= 0.6 is 0 Å². The van der Waals surface area contributed by atoms with Crippen LogP contribution in [0.3, 0.4) is 0 Å². The van der Waals surface area contributed by atoms with E-state index in [1.54, 1.807) is 19.2 Å². The van der Waals surface area contributed by atoms with Gasteiger partial charge >= 0.3 is 5.97 Å². The summed E-state index contributed by atoms with van der Waals surface area (Å²) in [6.07, 6.45) is 3.11. The highest BCUT2D eigenvalue weighted by Gasteiger charge is 2.17. The van der Waals surface area contributed by atoms with Gasteiger partial charge in [-0.25, -0.2) is 4.79 Å². The van der Waals surface area contributed by atoms with Crippen molar-refractivity contribution < 1.29 is 9.53 Å². The Morgan fingerprint density at radius 1 is 1.59 bits per heavy atom.